The summed E-state index contributed by atoms with van der Waals surface area (Å²) in [6.07, 6.45) is 0.900. The molecule has 0 bridgehead atoms. The second-order valence-corrected chi connectivity index (χ2v) is 11.0. The number of carbonyl (C=O) groups is 2. The molecule has 41 heavy (non-hydrogen) atoms. The van der Waals surface area contributed by atoms with E-state index < -0.39 is 50.9 Å². The molecule has 0 aliphatic rings. The molecule has 0 fully saturated rings. The van der Waals surface area contributed by atoms with Crippen LogP contribution in [-0.4, -0.2) is 62.6 Å². The molecule has 3 aromatic carbocycles. The SMILES string of the molecule is CCNC(=O)C(Cc1ccccc1)N(Cc1ccccc1F)C(=O)CN(c1cc([N+](=O)[O-])ccc1OC)S(C)(=O)=O. The fraction of sp³-hybridized carbons (Fsp3) is 0.286. The number of sulfonamides is 1. The van der Waals surface area contributed by atoms with Crippen LogP contribution in [-0.2, 0) is 32.6 Å². The first-order valence-electron chi connectivity index (χ1n) is 12.6. The first-order chi connectivity index (χ1) is 19.5. The molecule has 0 aliphatic heterocycles. The predicted molar refractivity (Wildman–Crippen MR) is 151 cm³/mol. The van der Waals surface area contributed by atoms with E-state index in [-0.39, 0.29) is 36.5 Å². The Kier molecular flexibility index (Phi) is 10.4. The summed E-state index contributed by atoms with van der Waals surface area (Å²) < 4.78 is 46.6. The number of hydrogen-bond acceptors (Lipinski definition) is 7. The molecule has 0 aromatic heterocycles. The van der Waals surface area contributed by atoms with Crippen molar-refractivity contribution in [2.24, 2.45) is 0 Å². The Hall–Kier alpha value is -4.52. The topological polar surface area (TPSA) is 139 Å². The van der Waals surface area contributed by atoms with Gasteiger partial charge in [0.15, 0.2) is 0 Å². The zero-order valence-electron chi connectivity index (χ0n) is 22.8. The Balaban J connectivity index is 2.12. The van der Waals surface area contributed by atoms with Crippen molar-refractivity contribution in [2.45, 2.75) is 25.9 Å². The molecule has 0 radical (unpaired) electrons. The van der Waals surface area contributed by atoms with Gasteiger partial charge in [0, 0.05) is 37.2 Å². The minimum atomic E-state index is -4.21. The average molecular weight is 587 g/mol. The molecular formula is C28H31FN4O7S. The lowest BCUT2D eigenvalue weighted by Gasteiger charge is -2.33. The Labute approximate surface area is 237 Å². The number of non-ortho nitro benzene ring substituents is 1. The van der Waals surface area contributed by atoms with Crippen molar-refractivity contribution in [3.63, 3.8) is 0 Å². The van der Waals surface area contributed by atoms with Crippen LogP contribution < -0.4 is 14.4 Å². The molecule has 13 heteroatoms. The number of methoxy groups -OCH3 is 1. The van der Waals surface area contributed by atoms with Gasteiger partial charge in [0.05, 0.1) is 18.3 Å². The fourth-order valence-electron chi connectivity index (χ4n) is 4.24. The maximum Gasteiger partial charge on any atom is 0.271 e. The smallest absolute Gasteiger partial charge is 0.271 e. The second kappa shape index (κ2) is 13.7. The molecule has 0 spiro atoms. The quantitative estimate of drug-likeness (QED) is 0.240. The standard InChI is InChI=1S/C28H31FN4O7S/c1-4-30-28(35)25(16-20-10-6-5-7-11-20)31(18-21-12-8-9-13-23(21)29)27(34)19-32(41(3,38)39)24-17-22(33(36)37)14-15-26(24)40-2/h5-15,17,25H,4,16,18-19H2,1-3H3,(H,30,35). The van der Waals surface area contributed by atoms with Crippen LogP contribution >= 0.6 is 0 Å². The molecule has 3 rings (SSSR count). The summed E-state index contributed by atoms with van der Waals surface area (Å²) in [6.45, 7) is 0.784. The van der Waals surface area contributed by atoms with Crippen molar-refractivity contribution >= 4 is 33.2 Å². The number of carbonyl (C=O) groups excluding carboxylic acids is 2. The Bertz CT molecular complexity index is 1500. The van der Waals surface area contributed by atoms with E-state index in [9.17, 15) is 32.5 Å². The Morgan fingerprint density at radius 3 is 2.32 bits per heavy atom. The van der Waals surface area contributed by atoms with Crippen LogP contribution in [0.15, 0.2) is 72.8 Å². The largest absolute Gasteiger partial charge is 0.495 e. The molecular weight excluding hydrogens is 555 g/mol. The minimum Gasteiger partial charge on any atom is -0.495 e. The van der Waals surface area contributed by atoms with Gasteiger partial charge in [-0.05, 0) is 24.6 Å². The zero-order valence-corrected chi connectivity index (χ0v) is 23.6. The third-order valence-corrected chi connectivity index (χ3v) is 7.37. The number of nitro benzene ring substituents is 1. The number of nitro groups is 1. The van der Waals surface area contributed by atoms with Gasteiger partial charge in [0.1, 0.15) is 29.8 Å². The van der Waals surface area contributed by atoms with Crippen LogP contribution in [0.1, 0.15) is 18.1 Å². The van der Waals surface area contributed by atoms with Crippen molar-refractivity contribution in [3.05, 3.63) is 99.9 Å². The van der Waals surface area contributed by atoms with Gasteiger partial charge in [0.25, 0.3) is 5.69 Å². The van der Waals surface area contributed by atoms with Crippen LogP contribution in [0.25, 0.3) is 0 Å². The van der Waals surface area contributed by atoms with Gasteiger partial charge >= 0.3 is 0 Å². The lowest BCUT2D eigenvalue weighted by atomic mass is 10.0. The number of nitrogens with zero attached hydrogens (tertiary/aromatic N) is 3. The third kappa shape index (κ3) is 8.01. The number of ether oxygens (including phenoxy) is 1. The maximum absolute atomic E-state index is 14.8. The van der Waals surface area contributed by atoms with Gasteiger partial charge in [-0.15, -0.1) is 0 Å². The summed E-state index contributed by atoms with van der Waals surface area (Å²) >= 11 is 0. The highest BCUT2D eigenvalue weighted by atomic mass is 32.2. The molecule has 11 nitrogen and oxygen atoms in total. The molecule has 1 atom stereocenters. The fourth-order valence-corrected chi connectivity index (χ4v) is 5.08. The van der Waals surface area contributed by atoms with Gasteiger partial charge in [-0.25, -0.2) is 12.8 Å². The number of benzene rings is 3. The van der Waals surface area contributed by atoms with E-state index in [2.05, 4.69) is 5.32 Å². The molecule has 218 valence electrons. The summed E-state index contributed by atoms with van der Waals surface area (Å²) in [5.74, 6) is -1.99. The monoisotopic (exact) mass is 586 g/mol. The minimum absolute atomic E-state index is 0.0287. The first-order valence-corrected chi connectivity index (χ1v) is 14.5. The van der Waals surface area contributed by atoms with E-state index >= 15 is 0 Å². The van der Waals surface area contributed by atoms with Gasteiger partial charge in [0.2, 0.25) is 21.8 Å². The third-order valence-electron chi connectivity index (χ3n) is 6.24. The van der Waals surface area contributed by atoms with E-state index in [1.165, 1.54) is 31.4 Å². The number of rotatable bonds is 13. The number of hydrogen-bond donors (Lipinski definition) is 1. The summed E-state index contributed by atoms with van der Waals surface area (Å²) in [5, 5.41) is 14.1. The van der Waals surface area contributed by atoms with Gasteiger partial charge in [-0.2, -0.15) is 0 Å². The van der Waals surface area contributed by atoms with Gasteiger partial charge < -0.3 is 15.0 Å². The van der Waals surface area contributed by atoms with Crippen molar-refractivity contribution in [1.29, 1.82) is 0 Å². The average Bonchev–Trinajstić information content (AvgIpc) is 2.94. The van der Waals surface area contributed by atoms with E-state index in [1.54, 1.807) is 43.3 Å². The van der Waals surface area contributed by atoms with Gasteiger partial charge in [-0.3, -0.25) is 24.0 Å². The number of halogens is 1. The normalized spacial score (nSPS) is 11.8. The number of likely N-dealkylation sites (N-methyl/N-ethyl adjacent to an activating group) is 1. The zero-order chi connectivity index (χ0) is 30.2. The predicted octanol–water partition coefficient (Wildman–Crippen LogP) is 3.28. The molecule has 0 saturated carbocycles. The van der Waals surface area contributed by atoms with E-state index in [0.29, 0.717) is 4.31 Å². The van der Waals surface area contributed by atoms with Crippen molar-refractivity contribution in [1.82, 2.24) is 10.2 Å². The van der Waals surface area contributed by atoms with Crippen molar-refractivity contribution in [3.8, 4) is 5.75 Å². The van der Waals surface area contributed by atoms with E-state index in [0.717, 1.165) is 28.9 Å². The Morgan fingerprint density at radius 1 is 1.07 bits per heavy atom. The van der Waals surface area contributed by atoms with E-state index in [1.807, 2.05) is 0 Å². The summed E-state index contributed by atoms with van der Waals surface area (Å²) in [7, 11) is -2.96. The first kappa shape index (κ1) is 31.0. The van der Waals surface area contributed by atoms with Gasteiger partial charge in [-0.1, -0.05) is 48.5 Å². The van der Waals surface area contributed by atoms with Crippen LogP contribution in [0.2, 0.25) is 0 Å². The molecule has 0 aliphatic carbocycles. The second-order valence-electron chi connectivity index (χ2n) is 9.10. The molecule has 1 N–H and O–H groups in total. The summed E-state index contributed by atoms with van der Waals surface area (Å²) in [6, 6.07) is 16.8. The van der Waals surface area contributed by atoms with Crippen molar-refractivity contribution < 1.29 is 32.1 Å². The molecule has 3 aromatic rings. The lowest BCUT2D eigenvalue weighted by Crippen LogP contribution is -2.53. The summed E-state index contributed by atoms with van der Waals surface area (Å²) in [5.41, 5.74) is 0.174. The summed E-state index contributed by atoms with van der Waals surface area (Å²) in [4.78, 5) is 39.2. The molecule has 0 saturated heterocycles. The van der Waals surface area contributed by atoms with Crippen LogP contribution in [0.5, 0.6) is 5.75 Å². The number of nitrogens with one attached hydrogen (secondary N) is 1. The molecule has 0 heterocycles. The van der Waals surface area contributed by atoms with Crippen LogP contribution in [0.4, 0.5) is 15.8 Å². The molecule has 2 amide bonds. The van der Waals surface area contributed by atoms with Crippen molar-refractivity contribution in [2.75, 3.05) is 30.8 Å². The lowest BCUT2D eigenvalue weighted by molar-refractivity contribution is -0.384. The van der Waals surface area contributed by atoms with Crippen LogP contribution in [0, 0.1) is 15.9 Å². The highest BCUT2D eigenvalue weighted by Crippen LogP contribution is 2.34. The highest BCUT2D eigenvalue weighted by molar-refractivity contribution is 7.92. The number of anilines is 1. The molecule has 1 unspecified atom stereocenters. The maximum atomic E-state index is 14.8. The highest BCUT2D eigenvalue weighted by Gasteiger charge is 2.34. The van der Waals surface area contributed by atoms with Crippen LogP contribution in [0.3, 0.4) is 0 Å². The number of amides is 2. The Morgan fingerprint density at radius 2 is 1.73 bits per heavy atom. The van der Waals surface area contributed by atoms with E-state index in [4.69, 9.17) is 4.74 Å².